The monoisotopic (exact) mass is 363 g/mol. The maximum Gasteiger partial charge on any atom is 0.259 e. The fraction of sp³-hybridized carbons (Fsp3) is 0.300. The highest BCUT2D eigenvalue weighted by Gasteiger charge is 2.20. The van der Waals surface area contributed by atoms with Crippen LogP contribution in [0, 0.1) is 0 Å². The van der Waals surface area contributed by atoms with E-state index in [0.717, 1.165) is 31.1 Å². The van der Waals surface area contributed by atoms with Gasteiger partial charge in [-0.25, -0.2) is 15.0 Å². The zero-order chi connectivity index (χ0) is 18.6. The zero-order valence-electron chi connectivity index (χ0n) is 14.8. The van der Waals surface area contributed by atoms with Crippen molar-refractivity contribution in [2.45, 2.75) is 37.8 Å². The minimum Gasteiger partial charge on any atom is -0.393 e. The number of nitrogens with one attached hydrogen (secondary N) is 2. The van der Waals surface area contributed by atoms with Gasteiger partial charge in [-0.2, -0.15) is 0 Å². The third kappa shape index (κ3) is 4.03. The number of aromatic nitrogens is 3. The molecular formula is C20H21N5O2. The van der Waals surface area contributed by atoms with Gasteiger partial charge >= 0.3 is 0 Å². The van der Waals surface area contributed by atoms with Crippen molar-refractivity contribution in [2.75, 3.05) is 10.6 Å². The Balaban J connectivity index is 1.58. The molecule has 2 heterocycles. The lowest BCUT2D eigenvalue weighted by Crippen LogP contribution is -2.29. The molecular weight excluding hydrogens is 342 g/mol. The number of benzene rings is 1. The molecule has 3 N–H and O–H groups in total. The first-order chi connectivity index (χ1) is 13.2. The van der Waals surface area contributed by atoms with Crippen molar-refractivity contribution >= 4 is 28.6 Å². The topological polar surface area (TPSA) is 100 Å². The van der Waals surface area contributed by atoms with E-state index in [4.69, 9.17) is 0 Å². The van der Waals surface area contributed by atoms with Gasteiger partial charge in [0.15, 0.2) is 0 Å². The predicted molar refractivity (Wildman–Crippen MR) is 104 cm³/mol. The Labute approximate surface area is 156 Å². The van der Waals surface area contributed by atoms with Gasteiger partial charge in [0.25, 0.3) is 5.91 Å². The minimum absolute atomic E-state index is 0.206. The van der Waals surface area contributed by atoms with E-state index in [9.17, 15) is 9.90 Å². The molecule has 1 fully saturated rings. The maximum atomic E-state index is 12.7. The molecule has 7 nitrogen and oxygen atoms in total. The molecule has 4 rings (SSSR count). The summed E-state index contributed by atoms with van der Waals surface area (Å²) in [6, 6.07) is 11.0. The zero-order valence-corrected chi connectivity index (χ0v) is 14.8. The number of amides is 1. The first kappa shape index (κ1) is 17.4. The van der Waals surface area contributed by atoms with Crippen LogP contribution in [0.1, 0.15) is 36.0 Å². The SMILES string of the molecule is O=C(Nc1ccccn1)c1cccc2cnc(N[C@H]3CC[C@H](O)CC3)nc12. The van der Waals surface area contributed by atoms with Crippen LogP contribution in [0.2, 0.25) is 0 Å². The third-order valence-electron chi connectivity index (χ3n) is 4.79. The van der Waals surface area contributed by atoms with Gasteiger partial charge in [0.2, 0.25) is 5.95 Å². The van der Waals surface area contributed by atoms with Crippen molar-refractivity contribution in [3.63, 3.8) is 0 Å². The summed E-state index contributed by atoms with van der Waals surface area (Å²) in [5.41, 5.74) is 1.07. The molecule has 0 atom stereocenters. The Hall–Kier alpha value is -3.06. The molecule has 0 saturated heterocycles. The summed E-state index contributed by atoms with van der Waals surface area (Å²) in [5.74, 6) is 0.736. The van der Waals surface area contributed by atoms with Gasteiger partial charge in [-0.1, -0.05) is 18.2 Å². The number of para-hydroxylation sites is 1. The van der Waals surface area contributed by atoms with E-state index < -0.39 is 0 Å². The van der Waals surface area contributed by atoms with Crippen molar-refractivity contribution in [1.29, 1.82) is 0 Å². The van der Waals surface area contributed by atoms with Gasteiger partial charge in [-0.15, -0.1) is 0 Å². The summed E-state index contributed by atoms with van der Waals surface area (Å²) in [5, 5.41) is 16.6. The number of fused-ring (bicyclic) bond motifs is 1. The molecule has 2 aromatic heterocycles. The van der Waals surface area contributed by atoms with Gasteiger partial charge < -0.3 is 15.7 Å². The number of hydrogen-bond donors (Lipinski definition) is 3. The molecule has 7 heteroatoms. The second-order valence-corrected chi connectivity index (χ2v) is 6.76. The molecule has 1 amide bonds. The smallest absolute Gasteiger partial charge is 0.259 e. The Kier molecular flexibility index (Phi) is 4.93. The summed E-state index contributed by atoms with van der Waals surface area (Å²) in [6.45, 7) is 0. The lowest BCUT2D eigenvalue weighted by Gasteiger charge is -2.26. The number of anilines is 2. The predicted octanol–water partition coefficient (Wildman–Crippen LogP) is 2.99. The average molecular weight is 363 g/mol. The Morgan fingerprint density at radius 1 is 1.04 bits per heavy atom. The summed E-state index contributed by atoms with van der Waals surface area (Å²) in [6.07, 6.45) is 6.47. The van der Waals surface area contributed by atoms with Crippen LogP contribution in [-0.2, 0) is 0 Å². The third-order valence-corrected chi connectivity index (χ3v) is 4.79. The lowest BCUT2D eigenvalue weighted by atomic mass is 9.93. The van der Waals surface area contributed by atoms with Crippen molar-refractivity contribution in [3.8, 4) is 0 Å². The summed E-state index contributed by atoms with van der Waals surface area (Å²) >= 11 is 0. The molecule has 0 spiro atoms. The largest absolute Gasteiger partial charge is 0.393 e. The molecule has 0 unspecified atom stereocenters. The number of aliphatic hydroxyl groups is 1. The van der Waals surface area contributed by atoms with E-state index in [1.807, 2.05) is 18.2 Å². The number of hydrogen-bond acceptors (Lipinski definition) is 6. The highest BCUT2D eigenvalue weighted by molar-refractivity contribution is 6.11. The molecule has 1 aliphatic carbocycles. The first-order valence-corrected chi connectivity index (χ1v) is 9.12. The van der Waals surface area contributed by atoms with E-state index in [1.165, 1.54) is 0 Å². The first-order valence-electron chi connectivity index (χ1n) is 9.12. The number of rotatable bonds is 4. The van der Waals surface area contributed by atoms with Gasteiger partial charge in [0, 0.05) is 23.8 Å². The number of aliphatic hydroxyl groups excluding tert-OH is 1. The number of pyridine rings is 1. The molecule has 0 radical (unpaired) electrons. The van der Waals surface area contributed by atoms with Gasteiger partial charge in [-0.05, 0) is 43.9 Å². The van der Waals surface area contributed by atoms with E-state index >= 15 is 0 Å². The van der Waals surface area contributed by atoms with E-state index in [2.05, 4.69) is 25.6 Å². The van der Waals surface area contributed by atoms with Crippen LogP contribution < -0.4 is 10.6 Å². The number of nitrogens with zero attached hydrogens (tertiary/aromatic N) is 3. The standard InChI is InChI=1S/C20H21N5O2/c26-15-9-7-14(8-10-15)23-20-22-12-13-4-3-5-16(18(13)25-20)19(27)24-17-6-1-2-11-21-17/h1-6,11-12,14-15,26H,7-10H2,(H,21,24,27)(H,22,23,25)/t14-,15-. The fourth-order valence-corrected chi connectivity index (χ4v) is 3.33. The molecule has 0 aliphatic heterocycles. The van der Waals surface area contributed by atoms with Gasteiger partial charge in [0.05, 0.1) is 17.2 Å². The van der Waals surface area contributed by atoms with Crippen molar-refractivity contribution in [1.82, 2.24) is 15.0 Å². The fourth-order valence-electron chi connectivity index (χ4n) is 3.33. The Bertz CT molecular complexity index is 940. The van der Waals surface area contributed by atoms with E-state index in [-0.39, 0.29) is 18.1 Å². The average Bonchev–Trinajstić information content (AvgIpc) is 2.70. The van der Waals surface area contributed by atoms with Crippen LogP contribution in [0.3, 0.4) is 0 Å². The second kappa shape index (κ2) is 7.67. The molecule has 27 heavy (non-hydrogen) atoms. The minimum atomic E-state index is -0.260. The Morgan fingerprint density at radius 2 is 1.89 bits per heavy atom. The summed E-state index contributed by atoms with van der Waals surface area (Å²) in [7, 11) is 0. The molecule has 0 bridgehead atoms. The highest BCUT2D eigenvalue weighted by Crippen LogP contribution is 2.23. The maximum absolute atomic E-state index is 12.7. The number of carbonyl (C=O) groups excluding carboxylic acids is 1. The van der Waals surface area contributed by atoms with Crippen molar-refractivity contribution < 1.29 is 9.90 Å². The van der Waals surface area contributed by atoms with Crippen LogP contribution in [0.5, 0.6) is 0 Å². The van der Waals surface area contributed by atoms with Gasteiger partial charge in [0.1, 0.15) is 5.82 Å². The highest BCUT2D eigenvalue weighted by atomic mass is 16.3. The summed E-state index contributed by atoms with van der Waals surface area (Å²) in [4.78, 5) is 25.8. The quantitative estimate of drug-likeness (QED) is 0.659. The lowest BCUT2D eigenvalue weighted by molar-refractivity contribution is 0.102. The molecule has 138 valence electrons. The molecule has 1 aliphatic rings. The second-order valence-electron chi connectivity index (χ2n) is 6.76. The van der Waals surface area contributed by atoms with E-state index in [0.29, 0.717) is 22.8 Å². The molecule has 3 aromatic rings. The Morgan fingerprint density at radius 3 is 2.67 bits per heavy atom. The van der Waals surface area contributed by atoms with Crippen molar-refractivity contribution in [3.05, 3.63) is 54.4 Å². The van der Waals surface area contributed by atoms with Crippen LogP contribution in [0.25, 0.3) is 10.9 Å². The van der Waals surface area contributed by atoms with Crippen LogP contribution in [-0.4, -0.2) is 38.1 Å². The molecule has 1 saturated carbocycles. The number of carbonyl (C=O) groups is 1. The normalized spacial score (nSPS) is 19.6. The van der Waals surface area contributed by atoms with E-state index in [1.54, 1.807) is 30.6 Å². The van der Waals surface area contributed by atoms with Crippen LogP contribution in [0.4, 0.5) is 11.8 Å². The molecule has 1 aromatic carbocycles. The van der Waals surface area contributed by atoms with Crippen LogP contribution in [0.15, 0.2) is 48.8 Å². The summed E-state index contributed by atoms with van der Waals surface area (Å²) < 4.78 is 0. The van der Waals surface area contributed by atoms with Crippen molar-refractivity contribution in [2.24, 2.45) is 0 Å². The van der Waals surface area contributed by atoms with Crippen LogP contribution >= 0.6 is 0 Å². The van der Waals surface area contributed by atoms with Gasteiger partial charge in [-0.3, -0.25) is 4.79 Å².